The van der Waals surface area contributed by atoms with Crippen LogP contribution >= 0.6 is 0 Å². The Morgan fingerprint density at radius 3 is 2.46 bits per heavy atom. The van der Waals surface area contributed by atoms with Crippen LogP contribution in [0.1, 0.15) is 37.8 Å². The average molecular weight is 506 g/mol. The van der Waals surface area contributed by atoms with Crippen LogP contribution in [0, 0.1) is 0 Å². The lowest BCUT2D eigenvalue weighted by atomic mass is 10.1. The third kappa shape index (κ3) is 5.61. The molecule has 1 saturated heterocycles. The number of benzene rings is 2. The highest BCUT2D eigenvalue weighted by atomic mass is 16.5. The van der Waals surface area contributed by atoms with Crippen LogP contribution in [0.25, 0.3) is 6.08 Å². The van der Waals surface area contributed by atoms with Crippen molar-refractivity contribution >= 4 is 30.0 Å². The Morgan fingerprint density at radius 2 is 1.78 bits per heavy atom. The number of rotatable bonds is 9. The van der Waals surface area contributed by atoms with Crippen LogP contribution in [0.2, 0.25) is 0 Å². The molecule has 37 heavy (non-hydrogen) atoms. The molecule has 11 nitrogen and oxygen atoms in total. The van der Waals surface area contributed by atoms with Crippen LogP contribution < -0.4 is 14.8 Å². The van der Waals surface area contributed by atoms with E-state index >= 15 is 0 Å². The summed E-state index contributed by atoms with van der Waals surface area (Å²) in [5.41, 5.74) is 1.58. The van der Waals surface area contributed by atoms with Gasteiger partial charge in [-0.25, -0.2) is 14.4 Å². The van der Waals surface area contributed by atoms with Gasteiger partial charge in [-0.1, -0.05) is 18.2 Å². The fourth-order valence-corrected chi connectivity index (χ4v) is 3.51. The molecule has 0 bridgehead atoms. The van der Waals surface area contributed by atoms with Crippen LogP contribution in [0.15, 0.2) is 64.7 Å². The maximum Gasteiger partial charge on any atom is 0.373 e. The number of carbonyl (C=O) groups excluding carboxylic acids is 3. The van der Waals surface area contributed by atoms with Gasteiger partial charge in [-0.05, 0) is 53.6 Å². The summed E-state index contributed by atoms with van der Waals surface area (Å²) in [4.78, 5) is 48.7. The van der Waals surface area contributed by atoms with Gasteiger partial charge in [0.2, 0.25) is 5.76 Å². The van der Waals surface area contributed by atoms with E-state index in [2.05, 4.69) is 10.1 Å². The van der Waals surface area contributed by atoms with Gasteiger partial charge in [0.1, 0.15) is 18.1 Å². The van der Waals surface area contributed by atoms with Gasteiger partial charge in [-0.2, -0.15) is 0 Å². The molecule has 4 rings (SSSR count). The van der Waals surface area contributed by atoms with E-state index in [9.17, 15) is 19.2 Å². The van der Waals surface area contributed by atoms with E-state index in [1.807, 2.05) is 0 Å². The van der Waals surface area contributed by atoms with Gasteiger partial charge in [0, 0.05) is 0 Å². The van der Waals surface area contributed by atoms with E-state index in [1.165, 1.54) is 44.6 Å². The Balaban J connectivity index is 1.44. The molecule has 3 amide bonds. The monoisotopic (exact) mass is 506 g/mol. The summed E-state index contributed by atoms with van der Waals surface area (Å²) in [5.74, 6) is -1.19. The van der Waals surface area contributed by atoms with Gasteiger partial charge in [0.15, 0.2) is 11.5 Å². The minimum absolute atomic E-state index is 0.0352. The maximum absolute atomic E-state index is 12.8. The standard InChI is InChI=1S/C26H22N2O9/c1-34-22-12-16(5-9-20(22)36-14-15-3-6-17(7-4-15)24(30)31)11-19-23(29)28(26(33)27-19)13-18-8-10-21(37-18)25(32)35-2/h3-12H,13-14H2,1-2H3,(H,27,33)(H,30,31)/b19-11+. The number of carboxylic acids is 1. The molecule has 1 aliphatic rings. The maximum atomic E-state index is 12.8. The van der Waals surface area contributed by atoms with Crippen molar-refractivity contribution in [2.24, 2.45) is 0 Å². The van der Waals surface area contributed by atoms with Gasteiger partial charge in [-0.15, -0.1) is 0 Å². The highest BCUT2D eigenvalue weighted by Crippen LogP contribution is 2.30. The number of nitrogens with zero attached hydrogens (tertiary/aromatic N) is 1. The van der Waals surface area contributed by atoms with Crippen molar-refractivity contribution in [2.45, 2.75) is 13.2 Å². The number of hydrogen-bond acceptors (Lipinski definition) is 8. The largest absolute Gasteiger partial charge is 0.493 e. The molecule has 0 aliphatic carbocycles. The quantitative estimate of drug-likeness (QED) is 0.253. The Bertz CT molecular complexity index is 1390. The number of methoxy groups -OCH3 is 2. The fraction of sp³-hybridized carbons (Fsp3) is 0.154. The first-order valence-electron chi connectivity index (χ1n) is 10.9. The topological polar surface area (TPSA) is 145 Å². The number of hydrogen-bond donors (Lipinski definition) is 2. The summed E-state index contributed by atoms with van der Waals surface area (Å²) < 4.78 is 21.1. The van der Waals surface area contributed by atoms with Gasteiger partial charge in [0.25, 0.3) is 5.91 Å². The van der Waals surface area contributed by atoms with Crippen LogP contribution in [-0.4, -0.2) is 48.1 Å². The number of ether oxygens (including phenoxy) is 3. The summed E-state index contributed by atoms with van der Waals surface area (Å²) in [5, 5.41) is 11.5. The van der Waals surface area contributed by atoms with E-state index in [-0.39, 0.29) is 35.9 Å². The van der Waals surface area contributed by atoms with Crippen LogP contribution in [0.5, 0.6) is 11.5 Å². The van der Waals surface area contributed by atoms with Crippen molar-refractivity contribution in [3.8, 4) is 11.5 Å². The summed E-state index contributed by atoms with van der Waals surface area (Å²) in [6.07, 6.45) is 1.50. The zero-order chi connectivity index (χ0) is 26.5. The molecular formula is C26H22N2O9. The molecule has 0 saturated carbocycles. The van der Waals surface area contributed by atoms with Crippen LogP contribution in [0.4, 0.5) is 4.79 Å². The number of nitrogens with one attached hydrogen (secondary N) is 1. The number of amides is 3. The summed E-state index contributed by atoms with van der Waals surface area (Å²) in [7, 11) is 2.69. The molecular weight excluding hydrogens is 484 g/mol. The SMILES string of the molecule is COC(=O)c1ccc(CN2C(=O)N/C(=C/c3ccc(OCc4ccc(C(=O)O)cc4)c(OC)c3)C2=O)o1. The van der Waals surface area contributed by atoms with Gasteiger partial charge in [0.05, 0.1) is 26.3 Å². The average Bonchev–Trinajstić information content (AvgIpc) is 3.48. The van der Waals surface area contributed by atoms with Gasteiger partial charge in [-0.3, -0.25) is 9.69 Å². The zero-order valence-corrected chi connectivity index (χ0v) is 19.8. The predicted molar refractivity (Wildman–Crippen MR) is 128 cm³/mol. The fourth-order valence-electron chi connectivity index (χ4n) is 3.51. The molecule has 0 unspecified atom stereocenters. The van der Waals surface area contributed by atoms with Crippen molar-refractivity contribution in [3.05, 3.63) is 88.5 Å². The molecule has 0 spiro atoms. The Kier molecular flexibility index (Phi) is 7.23. The van der Waals surface area contributed by atoms with Crippen LogP contribution in [-0.2, 0) is 22.7 Å². The second-order valence-electron chi connectivity index (χ2n) is 7.84. The number of carbonyl (C=O) groups is 4. The highest BCUT2D eigenvalue weighted by Gasteiger charge is 2.34. The molecule has 2 heterocycles. The second-order valence-corrected chi connectivity index (χ2v) is 7.84. The number of furan rings is 1. The molecule has 3 aromatic rings. The molecule has 1 aliphatic heterocycles. The minimum Gasteiger partial charge on any atom is -0.493 e. The first-order valence-corrected chi connectivity index (χ1v) is 10.9. The Hall–Kier alpha value is -5.06. The third-order valence-electron chi connectivity index (χ3n) is 5.42. The zero-order valence-electron chi connectivity index (χ0n) is 19.8. The van der Waals surface area contributed by atoms with Crippen molar-refractivity contribution in [1.29, 1.82) is 0 Å². The number of esters is 1. The molecule has 11 heteroatoms. The van der Waals surface area contributed by atoms with E-state index < -0.39 is 23.9 Å². The summed E-state index contributed by atoms with van der Waals surface area (Å²) in [6.45, 7) is 0.0210. The lowest BCUT2D eigenvalue weighted by molar-refractivity contribution is -0.123. The molecule has 1 fully saturated rings. The number of imide groups is 1. The van der Waals surface area contributed by atoms with Crippen molar-refractivity contribution in [2.75, 3.05) is 14.2 Å². The number of urea groups is 1. The highest BCUT2D eigenvalue weighted by molar-refractivity contribution is 6.13. The third-order valence-corrected chi connectivity index (χ3v) is 5.42. The van der Waals surface area contributed by atoms with E-state index in [0.29, 0.717) is 17.1 Å². The molecule has 0 radical (unpaired) electrons. The first kappa shape index (κ1) is 25.0. The first-order chi connectivity index (χ1) is 17.8. The van der Waals surface area contributed by atoms with E-state index in [4.69, 9.17) is 19.0 Å². The molecule has 190 valence electrons. The second kappa shape index (κ2) is 10.7. The lowest BCUT2D eigenvalue weighted by Gasteiger charge is -2.12. The summed E-state index contributed by atoms with van der Waals surface area (Å²) >= 11 is 0. The molecule has 2 aromatic carbocycles. The van der Waals surface area contributed by atoms with Gasteiger partial charge >= 0.3 is 18.0 Å². The van der Waals surface area contributed by atoms with Crippen molar-refractivity contribution < 1.29 is 42.9 Å². The smallest absolute Gasteiger partial charge is 0.373 e. The number of carboxylic acid groups (broad SMARTS) is 1. The normalized spacial score (nSPS) is 14.0. The number of aromatic carboxylic acids is 1. The Morgan fingerprint density at radius 1 is 1.03 bits per heavy atom. The predicted octanol–water partition coefficient (Wildman–Crippen LogP) is 3.44. The van der Waals surface area contributed by atoms with Gasteiger partial charge < -0.3 is 29.1 Å². The van der Waals surface area contributed by atoms with Crippen molar-refractivity contribution in [1.82, 2.24) is 10.2 Å². The Labute approximate surface area is 210 Å². The molecule has 0 atom stereocenters. The lowest BCUT2D eigenvalue weighted by Crippen LogP contribution is -2.30. The van der Waals surface area contributed by atoms with Crippen molar-refractivity contribution in [3.63, 3.8) is 0 Å². The van der Waals surface area contributed by atoms with Crippen LogP contribution in [0.3, 0.4) is 0 Å². The minimum atomic E-state index is -1.01. The van der Waals surface area contributed by atoms with E-state index in [1.54, 1.807) is 30.3 Å². The summed E-state index contributed by atoms with van der Waals surface area (Å²) in [6, 6.07) is 13.6. The molecule has 2 N–H and O–H groups in total. The molecule has 1 aromatic heterocycles. The van der Waals surface area contributed by atoms with E-state index in [0.717, 1.165) is 10.5 Å².